The third-order valence-electron chi connectivity index (χ3n) is 5.07. The zero-order chi connectivity index (χ0) is 19.0. The molecule has 0 bridgehead atoms. The van der Waals surface area contributed by atoms with E-state index >= 15 is 0 Å². The first-order chi connectivity index (χ1) is 13.0. The first-order valence-electron chi connectivity index (χ1n) is 9.23. The van der Waals surface area contributed by atoms with Gasteiger partial charge in [-0.2, -0.15) is 0 Å². The first-order valence-corrected chi connectivity index (χ1v) is 9.23. The van der Waals surface area contributed by atoms with Crippen molar-refractivity contribution in [3.05, 3.63) is 58.9 Å². The van der Waals surface area contributed by atoms with Crippen LogP contribution in [0, 0.1) is 13.8 Å². The Morgan fingerprint density at radius 2 is 2.14 bits per heavy atom. The Kier molecular flexibility index (Phi) is 6.03. The van der Waals surface area contributed by atoms with Gasteiger partial charge in [-0.25, -0.2) is 4.98 Å². The lowest BCUT2D eigenvalue weighted by Crippen LogP contribution is -2.39. The monoisotopic (exact) mass is 400 g/mol. The van der Waals surface area contributed by atoms with Gasteiger partial charge in [0.25, 0.3) is 0 Å². The van der Waals surface area contributed by atoms with Crippen molar-refractivity contribution in [2.24, 2.45) is 5.73 Å². The number of morpholine rings is 1. The molecule has 1 atom stereocenters. The summed E-state index contributed by atoms with van der Waals surface area (Å²) in [6, 6.07) is 9.86. The van der Waals surface area contributed by atoms with Crippen LogP contribution in [0.2, 0.25) is 0 Å². The Balaban J connectivity index is 0.00000225. The van der Waals surface area contributed by atoms with E-state index in [-0.39, 0.29) is 18.5 Å². The van der Waals surface area contributed by atoms with E-state index < -0.39 is 5.91 Å². The second-order valence-corrected chi connectivity index (χ2v) is 7.13. The third-order valence-corrected chi connectivity index (χ3v) is 5.07. The molecule has 0 spiro atoms. The minimum Gasteiger partial charge on any atom is -0.375 e. The van der Waals surface area contributed by atoms with Crippen molar-refractivity contribution in [2.75, 3.05) is 19.7 Å². The van der Waals surface area contributed by atoms with E-state index in [1.54, 1.807) is 6.07 Å². The summed E-state index contributed by atoms with van der Waals surface area (Å²) in [6.07, 6.45) is 2.95. The van der Waals surface area contributed by atoms with Gasteiger partial charge in [-0.3, -0.25) is 4.79 Å². The summed E-state index contributed by atoms with van der Waals surface area (Å²) in [7, 11) is 0. The van der Waals surface area contributed by atoms with Crippen LogP contribution < -0.4 is 11.1 Å². The number of aryl methyl sites for hydroxylation is 2. The summed E-state index contributed by atoms with van der Waals surface area (Å²) < 4.78 is 8.06. The van der Waals surface area contributed by atoms with Gasteiger partial charge in [0.05, 0.1) is 24.1 Å². The summed E-state index contributed by atoms with van der Waals surface area (Å²) in [5.74, 6) is -0.411. The molecular formula is C21H25ClN4O2. The molecule has 1 fully saturated rings. The molecule has 1 aromatic carbocycles. The van der Waals surface area contributed by atoms with Crippen molar-refractivity contribution < 1.29 is 9.53 Å². The van der Waals surface area contributed by atoms with E-state index in [1.165, 1.54) is 5.56 Å². The number of amides is 1. The molecule has 2 aromatic heterocycles. The maximum Gasteiger partial charge on any atom is 0.248 e. The van der Waals surface area contributed by atoms with E-state index in [1.807, 2.05) is 19.1 Å². The van der Waals surface area contributed by atoms with Crippen molar-refractivity contribution in [1.82, 2.24) is 14.7 Å². The number of rotatable bonds is 4. The number of primary amides is 1. The Morgan fingerprint density at radius 1 is 1.32 bits per heavy atom. The average molecular weight is 401 g/mol. The Morgan fingerprint density at radius 3 is 2.82 bits per heavy atom. The SMILES string of the molecule is Cc1ccn2c(C[C@H]3CNCCO3)c(-c3ccc(C(N)=O)c(C)c3)nc2c1.Cl. The number of hydrogen-bond donors (Lipinski definition) is 2. The number of carbonyl (C=O) groups excluding carboxylic acids is 1. The van der Waals surface area contributed by atoms with Crippen molar-refractivity contribution in [1.29, 1.82) is 0 Å². The van der Waals surface area contributed by atoms with Crippen LogP contribution in [0.25, 0.3) is 16.9 Å². The molecule has 7 heteroatoms. The summed E-state index contributed by atoms with van der Waals surface area (Å²) in [5, 5.41) is 3.39. The smallest absolute Gasteiger partial charge is 0.248 e. The molecule has 1 saturated heterocycles. The first kappa shape index (κ1) is 20.3. The second-order valence-electron chi connectivity index (χ2n) is 7.13. The highest BCUT2D eigenvalue weighted by atomic mass is 35.5. The molecule has 3 heterocycles. The molecule has 28 heavy (non-hydrogen) atoms. The van der Waals surface area contributed by atoms with Crippen LogP contribution in [-0.2, 0) is 11.2 Å². The van der Waals surface area contributed by atoms with Crippen LogP contribution in [0.4, 0.5) is 0 Å². The van der Waals surface area contributed by atoms with E-state index in [0.29, 0.717) is 5.56 Å². The minimum atomic E-state index is -0.411. The number of benzene rings is 1. The standard InChI is InChI=1S/C21H24N4O2.ClH/c1-13-5-7-25-18(11-16-12-23-6-8-27-16)20(24-19(25)9-13)15-3-4-17(21(22)26)14(2)10-15;/h3-5,7,9-10,16,23H,6,8,11-12H2,1-2H3,(H2,22,26);1H/t16-;/m0./s1. The topological polar surface area (TPSA) is 81.6 Å². The predicted molar refractivity (Wildman–Crippen MR) is 112 cm³/mol. The lowest BCUT2D eigenvalue weighted by atomic mass is 10.0. The van der Waals surface area contributed by atoms with Crippen LogP contribution in [0.15, 0.2) is 36.5 Å². The maximum atomic E-state index is 11.6. The molecule has 1 aliphatic heterocycles. The van der Waals surface area contributed by atoms with Crippen molar-refractivity contribution >= 4 is 24.0 Å². The Labute approximate surface area is 170 Å². The number of hydrogen-bond acceptors (Lipinski definition) is 4. The summed E-state index contributed by atoms with van der Waals surface area (Å²) in [6.45, 7) is 6.41. The van der Waals surface area contributed by atoms with Gasteiger partial charge in [0.15, 0.2) is 0 Å². The van der Waals surface area contributed by atoms with Gasteiger partial charge in [-0.15, -0.1) is 12.4 Å². The van der Waals surface area contributed by atoms with E-state index in [2.05, 4.69) is 35.0 Å². The number of pyridine rings is 1. The van der Waals surface area contributed by atoms with Gasteiger partial charge in [0, 0.05) is 36.8 Å². The number of ether oxygens (including phenoxy) is 1. The molecule has 3 N–H and O–H groups in total. The fraction of sp³-hybridized carbons (Fsp3) is 0.333. The molecule has 0 unspecified atom stereocenters. The van der Waals surface area contributed by atoms with Gasteiger partial charge >= 0.3 is 0 Å². The van der Waals surface area contributed by atoms with Gasteiger partial charge in [0.2, 0.25) is 5.91 Å². The average Bonchev–Trinajstić information content (AvgIpc) is 2.99. The fourth-order valence-electron chi connectivity index (χ4n) is 3.68. The van der Waals surface area contributed by atoms with Gasteiger partial charge < -0.3 is 20.2 Å². The molecule has 1 amide bonds. The Bertz CT molecular complexity index is 1010. The van der Waals surface area contributed by atoms with Gasteiger partial charge in [-0.1, -0.05) is 6.07 Å². The molecule has 6 nitrogen and oxygen atoms in total. The lowest BCUT2D eigenvalue weighted by Gasteiger charge is -2.23. The number of fused-ring (bicyclic) bond motifs is 1. The quantitative estimate of drug-likeness (QED) is 0.705. The summed E-state index contributed by atoms with van der Waals surface area (Å²) in [5.41, 5.74) is 12.0. The number of imidazole rings is 1. The van der Waals surface area contributed by atoms with Crippen LogP contribution in [0.1, 0.15) is 27.2 Å². The molecule has 4 rings (SSSR count). The lowest BCUT2D eigenvalue weighted by molar-refractivity contribution is 0.0286. The summed E-state index contributed by atoms with van der Waals surface area (Å²) in [4.78, 5) is 16.5. The zero-order valence-electron chi connectivity index (χ0n) is 16.1. The number of halogens is 1. The number of nitrogens with zero attached hydrogens (tertiary/aromatic N) is 2. The molecule has 0 radical (unpaired) electrons. The largest absolute Gasteiger partial charge is 0.375 e. The van der Waals surface area contributed by atoms with Gasteiger partial charge in [0.1, 0.15) is 5.65 Å². The second kappa shape index (κ2) is 8.31. The normalized spacial score (nSPS) is 16.7. The van der Waals surface area contributed by atoms with E-state index in [9.17, 15) is 4.79 Å². The number of nitrogens with one attached hydrogen (secondary N) is 1. The van der Waals surface area contributed by atoms with Crippen molar-refractivity contribution in [3.63, 3.8) is 0 Å². The highest BCUT2D eigenvalue weighted by Crippen LogP contribution is 2.28. The van der Waals surface area contributed by atoms with Crippen molar-refractivity contribution in [3.8, 4) is 11.3 Å². The van der Waals surface area contributed by atoms with Crippen LogP contribution in [-0.4, -0.2) is 41.1 Å². The predicted octanol–water partition coefficient (Wildman–Crippen LogP) is 2.67. The van der Waals surface area contributed by atoms with E-state index in [4.69, 9.17) is 15.5 Å². The van der Waals surface area contributed by atoms with Crippen LogP contribution in [0.3, 0.4) is 0 Å². The molecule has 1 aliphatic rings. The van der Waals surface area contributed by atoms with Crippen molar-refractivity contribution in [2.45, 2.75) is 26.4 Å². The zero-order valence-corrected chi connectivity index (χ0v) is 16.9. The number of nitrogens with two attached hydrogens (primary N) is 1. The third kappa shape index (κ3) is 3.90. The van der Waals surface area contributed by atoms with E-state index in [0.717, 1.165) is 54.3 Å². The molecule has 0 aliphatic carbocycles. The molecule has 0 saturated carbocycles. The fourth-order valence-corrected chi connectivity index (χ4v) is 3.68. The number of carbonyl (C=O) groups is 1. The molecular weight excluding hydrogens is 376 g/mol. The minimum absolute atomic E-state index is 0. The highest BCUT2D eigenvalue weighted by molar-refractivity contribution is 5.95. The maximum absolute atomic E-state index is 11.6. The van der Waals surface area contributed by atoms with Gasteiger partial charge in [-0.05, 0) is 49.2 Å². The number of aromatic nitrogens is 2. The Hall–Kier alpha value is -2.41. The highest BCUT2D eigenvalue weighted by Gasteiger charge is 2.21. The van der Waals surface area contributed by atoms with Crippen LogP contribution in [0.5, 0.6) is 0 Å². The molecule has 148 valence electrons. The van der Waals surface area contributed by atoms with Crippen LogP contribution >= 0.6 is 12.4 Å². The summed E-state index contributed by atoms with van der Waals surface area (Å²) >= 11 is 0. The molecule has 3 aromatic rings.